The smallest absolute Gasteiger partial charge is 0.260 e. The Balaban J connectivity index is 1.52. The molecule has 1 fully saturated rings. The average molecular weight is 402 g/mol. The van der Waals surface area contributed by atoms with Crippen molar-refractivity contribution in [1.29, 1.82) is 0 Å². The third-order valence-electron chi connectivity index (χ3n) is 6.08. The summed E-state index contributed by atoms with van der Waals surface area (Å²) in [5, 5.41) is 0. The van der Waals surface area contributed by atoms with Crippen molar-refractivity contribution in [2.45, 2.75) is 13.0 Å². The highest BCUT2D eigenvalue weighted by molar-refractivity contribution is 5.81. The van der Waals surface area contributed by atoms with Gasteiger partial charge in [-0.15, -0.1) is 0 Å². The third-order valence-corrected chi connectivity index (χ3v) is 6.08. The molecule has 0 spiro atoms. The largest absolute Gasteiger partial charge is 0.309 e. The maximum atomic E-state index is 13.0. The van der Waals surface area contributed by atoms with Gasteiger partial charge in [0.1, 0.15) is 0 Å². The zero-order valence-corrected chi connectivity index (χ0v) is 17.4. The summed E-state index contributed by atoms with van der Waals surface area (Å²) in [5.74, 6) is 0.723. The molecule has 1 aliphatic heterocycles. The van der Waals surface area contributed by atoms with Crippen molar-refractivity contribution >= 4 is 16.8 Å². The fourth-order valence-electron chi connectivity index (χ4n) is 4.37. The molecule has 3 heterocycles. The predicted molar refractivity (Wildman–Crippen MR) is 121 cm³/mol. The second-order valence-electron chi connectivity index (χ2n) is 8.12. The number of rotatable bonds is 5. The van der Waals surface area contributed by atoms with E-state index >= 15 is 0 Å². The Hall–Kier alpha value is -2.96. The van der Waals surface area contributed by atoms with Crippen LogP contribution in [-0.4, -0.2) is 63.5 Å². The van der Waals surface area contributed by atoms with Crippen molar-refractivity contribution in [2.75, 3.05) is 39.8 Å². The Morgan fingerprint density at radius 1 is 0.867 bits per heavy atom. The molecular weight excluding hydrogens is 374 g/mol. The SMILES string of the molecule is CN1CCN(CCCn2c3ccccc3n3c(=O)cc(-c4ccccc4)nc23)CC1. The van der Waals surface area contributed by atoms with Gasteiger partial charge in [-0.05, 0) is 32.1 Å². The third kappa shape index (κ3) is 3.53. The molecule has 0 unspecified atom stereocenters. The van der Waals surface area contributed by atoms with Gasteiger partial charge < -0.3 is 14.4 Å². The normalized spacial score (nSPS) is 15.9. The fourth-order valence-corrected chi connectivity index (χ4v) is 4.37. The van der Waals surface area contributed by atoms with E-state index in [4.69, 9.17) is 4.98 Å². The highest BCUT2D eigenvalue weighted by Crippen LogP contribution is 2.22. The molecule has 0 aliphatic carbocycles. The molecule has 5 rings (SSSR count). The number of nitrogens with zero attached hydrogens (tertiary/aromatic N) is 5. The summed E-state index contributed by atoms with van der Waals surface area (Å²) in [4.78, 5) is 22.9. The topological polar surface area (TPSA) is 45.8 Å². The Morgan fingerprint density at radius 3 is 2.33 bits per heavy atom. The number of imidazole rings is 1. The van der Waals surface area contributed by atoms with Crippen molar-refractivity contribution in [2.24, 2.45) is 0 Å². The lowest BCUT2D eigenvalue weighted by Crippen LogP contribution is -2.44. The van der Waals surface area contributed by atoms with Gasteiger partial charge >= 0.3 is 0 Å². The minimum atomic E-state index is -0.0344. The molecule has 1 aliphatic rings. The Bertz CT molecular complexity index is 1220. The first kappa shape index (κ1) is 19.0. The average Bonchev–Trinajstić information content (AvgIpc) is 3.10. The summed E-state index contributed by atoms with van der Waals surface area (Å²) < 4.78 is 3.96. The molecule has 0 N–H and O–H groups in total. The number of para-hydroxylation sites is 2. The summed E-state index contributed by atoms with van der Waals surface area (Å²) >= 11 is 0. The summed E-state index contributed by atoms with van der Waals surface area (Å²) in [7, 11) is 2.18. The summed E-state index contributed by atoms with van der Waals surface area (Å²) in [6.07, 6.45) is 1.03. The maximum absolute atomic E-state index is 13.0. The van der Waals surface area contributed by atoms with Gasteiger partial charge in [0, 0.05) is 44.4 Å². The zero-order chi connectivity index (χ0) is 20.5. The standard InChI is InChI=1S/C24H27N5O/c1-26-14-16-27(17-15-26)12-7-13-28-21-10-5-6-11-22(21)29-23(30)18-20(25-24(28)29)19-8-3-2-4-9-19/h2-6,8-11,18H,7,12-17H2,1H3. The van der Waals surface area contributed by atoms with E-state index < -0.39 is 0 Å². The highest BCUT2D eigenvalue weighted by Gasteiger charge is 2.16. The molecular formula is C24H27N5O. The van der Waals surface area contributed by atoms with Crippen LogP contribution in [0.2, 0.25) is 0 Å². The van der Waals surface area contributed by atoms with Crippen LogP contribution in [0.1, 0.15) is 6.42 Å². The molecule has 30 heavy (non-hydrogen) atoms. The van der Waals surface area contributed by atoms with Gasteiger partial charge in [-0.25, -0.2) is 9.38 Å². The molecule has 0 saturated carbocycles. The minimum absolute atomic E-state index is 0.0344. The first-order valence-electron chi connectivity index (χ1n) is 10.7. The van der Waals surface area contributed by atoms with E-state index in [1.165, 1.54) is 0 Å². The van der Waals surface area contributed by atoms with Gasteiger partial charge in [-0.1, -0.05) is 42.5 Å². The minimum Gasteiger partial charge on any atom is -0.309 e. The monoisotopic (exact) mass is 401 g/mol. The van der Waals surface area contributed by atoms with Crippen molar-refractivity contribution in [3.05, 3.63) is 71.0 Å². The molecule has 6 heteroatoms. The van der Waals surface area contributed by atoms with Crippen LogP contribution in [-0.2, 0) is 6.54 Å². The van der Waals surface area contributed by atoms with Gasteiger partial charge in [0.05, 0.1) is 16.7 Å². The summed E-state index contributed by atoms with van der Waals surface area (Å²) in [6, 6.07) is 19.7. The molecule has 0 atom stereocenters. The van der Waals surface area contributed by atoms with Gasteiger partial charge in [0.2, 0.25) is 5.78 Å². The van der Waals surface area contributed by atoms with Gasteiger partial charge in [0.25, 0.3) is 5.56 Å². The Kier molecular flexibility index (Phi) is 5.11. The van der Waals surface area contributed by atoms with Crippen LogP contribution in [0.15, 0.2) is 65.5 Å². The number of aryl methyl sites for hydroxylation is 1. The van der Waals surface area contributed by atoms with Gasteiger partial charge in [0.15, 0.2) is 0 Å². The Morgan fingerprint density at radius 2 is 1.57 bits per heavy atom. The molecule has 0 bridgehead atoms. The number of fused-ring (bicyclic) bond motifs is 3. The lowest BCUT2D eigenvalue weighted by Gasteiger charge is -2.32. The molecule has 4 aromatic rings. The van der Waals surface area contributed by atoms with E-state index in [9.17, 15) is 4.79 Å². The van der Waals surface area contributed by atoms with E-state index in [1.54, 1.807) is 10.5 Å². The van der Waals surface area contributed by atoms with Crippen molar-refractivity contribution in [3.8, 4) is 11.3 Å². The van der Waals surface area contributed by atoms with Crippen molar-refractivity contribution in [3.63, 3.8) is 0 Å². The van der Waals surface area contributed by atoms with Crippen LogP contribution >= 0.6 is 0 Å². The first-order chi connectivity index (χ1) is 14.7. The van der Waals surface area contributed by atoms with Crippen LogP contribution in [0, 0.1) is 0 Å². The number of piperazine rings is 1. The molecule has 6 nitrogen and oxygen atoms in total. The van der Waals surface area contributed by atoms with Crippen LogP contribution in [0.5, 0.6) is 0 Å². The summed E-state index contributed by atoms with van der Waals surface area (Å²) in [5.41, 5.74) is 3.64. The first-order valence-corrected chi connectivity index (χ1v) is 10.7. The fraction of sp³-hybridized carbons (Fsp3) is 0.333. The molecule has 0 radical (unpaired) electrons. The van der Waals surface area contributed by atoms with E-state index in [1.807, 2.05) is 48.5 Å². The van der Waals surface area contributed by atoms with E-state index in [-0.39, 0.29) is 5.56 Å². The lowest BCUT2D eigenvalue weighted by molar-refractivity contribution is 0.151. The van der Waals surface area contributed by atoms with Crippen molar-refractivity contribution in [1.82, 2.24) is 23.8 Å². The van der Waals surface area contributed by atoms with Gasteiger partial charge in [-0.2, -0.15) is 0 Å². The van der Waals surface area contributed by atoms with E-state index in [2.05, 4.69) is 27.5 Å². The number of aromatic nitrogens is 3. The zero-order valence-electron chi connectivity index (χ0n) is 17.4. The molecule has 154 valence electrons. The van der Waals surface area contributed by atoms with E-state index in [0.29, 0.717) is 0 Å². The second-order valence-corrected chi connectivity index (χ2v) is 8.12. The quantitative estimate of drug-likeness (QED) is 0.516. The molecule has 2 aromatic carbocycles. The van der Waals surface area contributed by atoms with E-state index in [0.717, 1.165) is 73.8 Å². The van der Waals surface area contributed by atoms with Gasteiger partial charge in [-0.3, -0.25) is 4.79 Å². The van der Waals surface area contributed by atoms with Crippen LogP contribution in [0.25, 0.3) is 28.1 Å². The summed E-state index contributed by atoms with van der Waals surface area (Å²) in [6.45, 7) is 6.42. The van der Waals surface area contributed by atoms with Crippen LogP contribution in [0.3, 0.4) is 0 Å². The second kappa shape index (κ2) is 8.05. The maximum Gasteiger partial charge on any atom is 0.260 e. The molecule has 0 amide bonds. The molecule has 2 aromatic heterocycles. The highest BCUT2D eigenvalue weighted by atomic mass is 16.1. The number of benzene rings is 2. The van der Waals surface area contributed by atoms with Crippen molar-refractivity contribution < 1.29 is 0 Å². The number of hydrogen-bond donors (Lipinski definition) is 0. The number of likely N-dealkylation sites (N-methyl/N-ethyl adjacent to an activating group) is 1. The Labute approximate surface area is 176 Å². The van der Waals surface area contributed by atoms with Crippen LogP contribution in [0.4, 0.5) is 0 Å². The molecule has 1 saturated heterocycles. The number of hydrogen-bond acceptors (Lipinski definition) is 4. The predicted octanol–water partition coefficient (Wildman–Crippen LogP) is 2.95. The van der Waals surface area contributed by atoms with Crippen LogP contribution < -0.4 is 5.56 Å². The lowest BCUT2D eigenvalue weighted by atomic mass is 10.1.